The molecule has 0 atom stereocenters. The van der Waals surface area contributed by atoms with E-state index in [2.05, 4.69) is 257 Å². The summed E-state index contributed by atoms with van der Waals surface area (Å²) in [7, 11) is -2.66. The first-order chi connectivity index (χ1) is 32.1. The molecule has 0 N–H and O–H groups in total. The second kappa shape index (κ2) is 15.7. The molecule has 0 saturated heterocycles. The van der Waals surface area contributed by atoms with Crippen molar-refractivity contribution in [2.24, 2.45) is 0 Å². The van der Waals surface area contributed by atoms with E-state index in [4.69, 9.17) is 15.0 Å². The summed E-state index contributed by atoms with van der Waals surface area (Å²) >= 11 is 0. The van der Waals surface area contributed by atoms with Gasteiger partial charge in [-0.25, -0.2) is 15.0 Å². The Labute approximate surface area is 378 Å². The third-order valence-corrected chi connectivity index (χ3v) is 17.4. The molecule has 308 valence electrons. The Morgan fingerprint density at radius 3 is 0.800 bits per heavy atom. The van der Waals surface area contributed by atoms with Crippen molar-refractivity contribution in [2.75, 3.05) is 0 Å². The minimum atomic E-state index is -2.66. The van der Waals surface area contributed by atoms with Crippen LogP contribution in [0.2, 0.25) is 6.55 Å². The molecular formula is C58H42N6Si. The quantitative estimate of drug-likeness (QED) is 0.107. The SMILES string of the molecule is C[Si](c1ccc(-c2nc3ccccc3n2-c2ccccc2)cc1)(c1ccc(-c2nc3ccccc3n2-c2ccccc2)cc1)c1ccc(-c2nc3ccccc3n2-c2ccccc2)cc1. The summed E-state index contributed by atoms with van der Waals surface area (Å²) in [5, 5.41) is 3.91. The van der Waals surface area contributed by atoms with Gasteiger partial charge in [0.25, 0.3) is 0 Å². The zero-order chi connectivity index (χ0) is 43.3. The number of imidazole rings is 3. The van der Waals surface area contributed by atoms with Crippen LogP contribution >= 0.6 is 0 Å². The highest BCUT2D eigenvalue weighted by Crippen LogP contribution is 2.32. The molecule has 0 spiro atoms. The molecule has 3 aromatic heterocycles. The van der Waals surface area contributed by atoms with Gasteiger partial charge in [-0.05, 0) is 88.4 Å². The van der Waals surface area contributed by atoms with Crippen LogP contribution in [0.1, 0.15) is 0 Å². The van der Waals surface area contributed by atoms with Crippen LogP contribution in [0, 0.1) is 0 Å². The molecule has 0 aliphatic heterocycles. The van der Waals surface area contributed by atoms with E-state index >= 15 is 0 Å². The molecular weight excluding hydrogens is 809 g/mol. The van der Waals surface area contributed by atoms with E-state index in [9.17, 15) is 0 Å². The molecule has 0 radical (unpaired) electrons. The van der Waals surface area contributed by atoms with Gasteiger partial charge in [-0.1, -0.05) is 170 Å². The van der Waals surface area contributed by atoms with E-state index < -0.39 is 8.07 Å². The Bertz CT molecular complexity index is 3250. The largest absolute Gasteiger partial charge is 0.292 e. The lowest BCUT2D eigenvalue weighted by Gasteiger charge is -2.30. The Kier molecular flexibility index (Phi) is 9.28. The number of nitrogens with zero attached hydrogens (tertiary/aromatic N) is 6. The fourth-order valence-corrected chi connectivity index (χ4v) is 13.0. The monoisotopic (exact) mass is 850 g/mol. The van der Waals surface area contributed by atoms with E-state index in [0.717, 1.165) is 84.3 Å². The molecule has 12 aromatic rings. The number of hydrogen-bond acceptors (Lipinski definition) is 3. The molecule has 0 fully saturated rings. The Hall–Kier alpha value is -8.39. The summed E-state index contributed by atoms with van der Waals surface area (Å²) in [6.45, 7) is 2.48. The fraction of sp³-hybridized carbons (Fsp3) is 0.0172. The summed E-state index contributed by atoms with van der Waals surface area (Å²) in [6.07, 6.45) is 0. The summed E-state index contributed by atoms with van der Waals surface area (Å²) in [4.78, 5) is 15.6. The maximum atomic E-state index is 5.19. The van der Waals surface area contributed by atoms with Crippen LogP contribution in [0.5, 0.6) is 0 Å². The lowest BCUT2D eigenvalue weighted by molar-refractivity contribution is 1.10. The lowest BCUT2D eigenvalue weighted by Crippen LogP contribution is -2.64. The smallest absolute Gasteiger partial charge is 0.145 e. The molecule has 3 heterocycles. The highest BCUT2D eigenvalue weighted by atomic mass is 28.3. The molecule has 6 nitrogen and oxygen atoms in total. The zero-order valence-electron chi connectivity index (χ0n) is 35.7. The van der Waals surface area contributed by atoms with Crippen molar-refractivity contribution in [3.05, 3.63) is 237 Å². The van der Waals surface area contributed by atoms with Crippen LogP contribution in [0.3, 0.4) is 0 Å². The summed E-state index contributed by atoms with van der Waals surface area (Å²) in [6, 6.07) is 84.2. The second-order valence-electron chi connectivity index (χ2n) is 16.6. The molecule has 7 heteroatoms. The van der Waals surface area contributed by atoms with Gasteiger partial charge in [0.1, 0.15) is 25.5 Å². The number of rotatable bonds is 9. The van der Waals surface area contributed by atoms with Crippen molar-refractivity contribution in [2.45, 2.75) is 6.55 Å². The van der Waals surface area contributed by atoms with Crippen molar-refractivity contribution >= 4 is 56.7 Å². The standard InChI is InChI=1S/C58H42N6Si/c1-65(47-35-29-41(30-36-47)56-59-50-23-11-14-26-53(50)62(56)44-17-5-2-6-18-44,48-37-31-42(32-38-48)57-60-51-24-12-15-27-54(51)63(57)45-19-7-3-8-20-45)49-39-33-43(34-40-49)58-61-52-25-13-16-28-55(52)64(58)46-21-9-4-10-22-46/h2-40H,1H3. The van der Waals surface area contributed by atoms with Crippen LogP contribution < -0.4 is 15.6 Å². The Morgan fingerprint density at radius 1 is 0.277 bits per heavy atom. The van der Waals surface area contributed by atoms with Gasteiger partial charge in [0, 0.05) is 33.8 Å². The topological polar surface area (TPSA) is 53.5 Å². The maximum absolute atomic E-state index is 5.19. The van der Waals surface area contributed by atoms with Gasteiger partial charge >= 0.3 is 0 Å². The summed E-state index contributed by atoms with van der Waals surface area (Å²) in [5.74, 6) is 2.76. The number of benzene rings is 9. The van der Waals surface area contributed by atoms with Gasteiger partial charge < -0.3 is 0 Å². The van der Waals surface area contributed by atoms with Crippen molar-refractivity contribution in [1.82, 2.24) is 28.7 Å². The van der Waals surface area contributed by atoms with Crippen LogP contribution in [0.4, 0.5) is 0 Å². The average molecular weight is 851 g/mol. The van der Waals surface area contributed by atoms with Gasteiger partial charge in [0.05, 0.1) is 33.1 Å². The lowest BCUT2D eigenvalue weighted by atomic mass is 10.2. The molecule has 0 bridgehead atoms. The molecule has 0 aliphatic carbocycles. The maximum Gasteiger partial charge on any atom is 0.145 e. The van der Waals surface area contributed by atoms with Gasteiger partial charge in [-0.2, -0.15) is 0 Å². The van der Waals surface area contributed by atoms with Crippen molar-refractivity contribution < 1.29 is 0 Å². The average Bonchev–Trinajstić information content (AvgIpc) is 4.10. The zero-order valence-corrected chi connectivity index (χ0v) is 36.7. The molecule has 0 saturated carbocycles. The molecule has 65 heavy (non-hydrogen) atoms. The normalized spacial score (nSPS) is 11.8. The van der Waals surface area contributed by atoms with Crippen LogP contribution in [-0.4, -0.2) is 36.7 Å². The third kappa shape index (κ3) is 6.52. The molecule has 9 aromatic carbocycles. The predicted octanol–water partition coefficient (Wildman–Crippen LogP) is 11.8. The van der Waals surface area contributed by atoms with E-state index in [1.54, 1.807) is 0 Å². The van der Waals surface area contributed by atoms with Gasteiger partial charge in [0.15, 0.2) is 0 Å². The third-order valence-electron chi connectivity index (χ3n) is 12.9. The molecule has 0 unspecified atom stereocenters. The first-order valence-corrected chi connectivity index (χ1v) is 24.5. The number of para-hydroxylation sites is 9. The van der Waals surface area contributed by atoms with Gasteiger partial charge in [-0.15, -0.1) is 0 Å². The number of hydrogen-bond donors (Lipinski definition) is 0. The van der Waals surface area contributed by atoms with Crippen molar-refractivity contribution in [1.29, 1.82) is 0 Å². The highest BCUT2D eigenvalue weighted by Gasteiger charge is 2.35. The van der Waals surface area contributed by atoms with E-state index in [1.165, 1.54) is 15.6 Å². The second-order valence-corrected chi connectivity index (χ2v) is 20.6. The highest BCUT2D eigenvalue weighted by molar-refractivity contribution is 7.10. The fourth-order valence-electron chi connectivity index (χ4n) is 9.53. The van der Waals surface area contributed by atoms with Gasteiger partial charge in [0.2, 0.25) is 0 Å². The number of fused-ring (bicyclic) bond motifs is 3. The van der Waals surface area contributed by atoms with Crippen LogP contribution in [0.15, 0.2) is 237 Å². The Balaban J connectivity index is 0.993. The molecule has 12 rings (SSSR count). The number of aromatic nitrogens is 6. The molecule has 0 aliphatic rings. The van der Waals surface area contributed by atoms with E-state index in [-0.39, 0.29) is 0 Å². The minimum Gasteiger partial charge on any atom is -0.292 e. The van der Waals surface area contributed by atoms with Crippen molar-refractivity contribution in [3.8, 4) is 51.2 Å². The van der Waals surface area contributed by atoms with E-state index in [0.29, 0.717) is 0 Å². The predicted molar refractivity (Wildman–Crippen MR) is 270 cm³/mol. The summed E-state index contributed by atoms with van der Waals surface area (Å²) < 4.78 is 6.80. The van der Waals surface area contributed by atoms with E-state index in [1.807, 2.05) is 0 Å². The first kappa shape index (κ1) is 38.3. The Morgan fingerprint density at radius 2 is 0.523 bits per heavy atom. The minimum absolute atomic E-state index is 0.920. The first-order valence-electron chi connectivity index (χ1n) is 22.0. The summed E-state index contributed by atoms with van der Waals surface area (Å²) in [5.41, 5.74) is 12.6. The molecule has 0 amide bonds. The van der Waals surface area contributed by atoms with Crippen LogP contribution in [0.25, 0.3) is 84.3 Å². The van der Waals surface area contributed by atoms with Gasteiger partial charge in [-0.3, -0.25) is 13.7 Å². The van der Waals surface area contributed by atoms with Crippen molar-refractivity contribution in [3.63, 3.8) is 0 Å². The van der Waals surface area contributed by atoms with Crippen LogP contribution in [-0.2, 0) is 0 Å².